The Bertz CT molecular complexity index is 562. The largest absolute Gasteiger partial charge is 0.368 e. The van der Waals surface area contributed by atoms with Crippen LogP contribution in [-0.4, -0.2) is 35.6 Å². The molecule has 1 aliphatic heterocycles. The Morgan fingerprint density at radius 3 is 3.05 bits per heavy atom. The van der Waals surface area contributed by atoms with Crippen molar-refractivity contribution in [2.24, 2.45) is 0 Å². The molecule has 0 amide bonds. The molecule has 3 nitrogen and oxygen atoms in total. The van der Waals surface area contributed by atoms with E-state index in [1.807, 2.05) is 6.20 Å². The van der Waals surface area contributed by atoms with Crippen LogP contribution in [0.15, 0.2) is 36.5 Å². The number of nitrogens with zero attached hydrogens (tertiary/aromatic N) is 2. The second-order valence-electron chi connectivity index (χ2n) is 5.54. The summed E-state index contributed by atoms with van der Waals surface area (Å²) in [7, 11) is 0. The predicted molar refractivity (Wildman–Crippen MR) is 85.1 cm³/mol. The van der Waals surface area contributed by atoms with Crippen molar-refractivity contribution in [3.63, 3.8) is 0 Å². The molecule has 1 N–H and O–H groups in total. The van der Waals surface area contributed by atoms with E-state index in [1.54, 1.807) is 0 Å². The van der Waals surface area contributed by atoms with Crippen molar-refractivity contribution in [3.8, 4) is 0 Å². The minimum absolute atomic E-state index is 0.648. The Labute approximate surface area is 121 Å². The summed E-state index contributed by atoms with van der Waals surface area (Å²) in [4.78, 5) is 7.10. The van der Waals surface area contributed by atoms with Gasteiger partial charge in [-0.05, 0) is 37.4 Å². The zero-order valence-corrected chi connectivity index (χ0v) is 12.2. The van der Waals surface area contributed by atoms with Crippen molar-refractivity contribution in [1.82, 2.24) is 9.88 Å². The molecule has 1 unspecified atom stereocenters. The molecule has 2 aromatic rings. The van der Waals surface area contributed by atoms with E-state index in [1.165, 1.54) is 36.6 Å². The number of fused-ring (bicyclic) bond motifs is 1. The van der Waals surface area contributed by atoms with E-state index in [9.17, 15) is 0 Å². The Morgan fingerprint density at radius 1 is 1.25 bits per heavy atom. The van der Waals surface area contributed by atoms with Crippen molar-refractivity contribution in [1.29, 1.82) is 0 Å². The number of likely N-dealkylation sites (N-methyl/N-ethyl adjacent to an activating group) is 1. The summed E-state index contributed by atoms with van der Waals surface area (Å²) < 4.78 is 0. The van der Waals surface area contributed by atoms with Crippen LogP contribution in [0.5, 0.6) is 0 Å². The maximum atomic E-state index is 4.51. The zero-order valence-electron chi connectivity index (χ0n) is 12.2. The van der Waals surface area contributed by atoms with Crippen LogP contribution < -0.4 is 5.32 Å². The summed E-state index contributed by atoms with van der Waals surface area (Å²) >= 11 is 0. The molecule has 1 atom stereocenters. The van der Waals surface area contributed by atoms with Gasteiger partial charge in [0.1, 0.15) is 5.82 Å². The van der Waals surface area contributed by atoms with Crippen molar-refractivity contribution in [3.05, 3.63) is 36.5 Å². The topological polar surface area (TPSA) is 28.2 Å². The predicted octanol–water partition coefficient (Wildman–Crippen LogP) is 3.52. The van der Waals surface area contributed by atoms with Crippen molar-refractivity contribution in [2.75, 3.05) is 25.0 Å². The van der Waals surface area contributed by atoms with Crippen molar-refractivity contribution < 1.29 is 0 Å². The number of benzene rings is 1. The lowest BCUT2D eigenvalue weighted by Gasteiger charge is -2.35. The highest BCUT2D eigenvalue weighted by molar-refractivity contribution is 5.91. The molecule has 3 rings (SSSR count). The number of likely N-dealkylation sites (tertiary alicyclic amines) is 1. The molecule has 1 aromatic heterocycles. The van der Waals surface area contributed by atoms with Gasteiger partial charge in [0.15, 0.2) is 0 Å². The first-order chi connectivity index (χ1) is 9.88. The van der Waals surface area contributed by atoms with E-state index < -0.39 is 0 Å². The molecule has 1 aliphatic rings. The van der Waals surface area contributed by atoms with E-state index in [2.05, 4.69) is 52.5 Å². The van der Waals surface area contributed by atoms with Crippen LogP contribution in [0, 0.1) is 0 Å². The van der Waals surface area contributed by atoms with Gasteiger partial charge in [-0.3, -0.25) is 4.90 Å². The van der Waals surface area contributed by atoms with Gasteiger partial charge in [0.05, 0.1) is 0 Å². The molecule has 1 fully saturated rings. The number of anilines is 1. The lowest BCUT2D eigenvalue weighted by molar-refractivity contribution is 0.164. The molecule has 0 spiro atoms. The summed E-state index contributed by atoms with van der Waals surface area (Å²) in [5, 5.41) is 6.04. The summed E-state index contributed by atoms with van der Waals surface area (Å²) in [5.74, 6) is 1.02. The van der Waals surface area contributed by atoms with Crippen LogP contribution in [0.3, 0.4) is 0 Å². The average Bonchev–Trinajstić information content (AvgIpc) is 2.53. The third kappa shape index (κ3) is 2.78. The Balaban J connectivity index is 1.73. The molecule has 2 heterocycles. The summed E-state index contributed by atoms with van der Waals surface area (Å²) in [6, 6.07) is 11.2. The standard InChI is InChI=1S/C17H23N3/c1-2-20-12-6-5-8-15(20)13-19-17-16-9-4-3-7-14(16)10-11-18-17/h3-4,7,9-11,15H,2,5-6,8,12-13H2,1H3,(H,18,19). The summed E-state index contributed by atoms with van der Waals surface area (Å²) in [5.41, 5.74) is 0. The number of nitrogens with one attached hydrogen (secondary N) is 1. The Kier molecular flexibility index (Phi) is 4.16. The monoisotopic (exact) mass is 269 g/mol. The van der Waals surface area contributed by atoms with E-state index in [0.717, 1.165) is 18.9 Å². The molecule has 0 saturated carbocycles. The van der Waals surface area contributed by atoms with Gasteiger partial charge in [0, 0.05) is 24.2 Å². The van der Waals surface area contributed by atoms with Crippen LogP contribution in [0.25, 0.3) is 10.8 Å². The van der Waals surface area contributed by atoms with Crippen molar-refractivity contribution in [2.45, 2.75) is 32.2 Å². The molecule has 1 aromatic carbocycles. The lowest BCUT2D eigenvalue weighted by Crippen LogP contribution is -2.43. The number of pyridine rings is 1. The lowest BCUT2D eigenvalue weighted by atomic mass is 10.0. The number of hydrogen-bond acceptors (Lipinski definition) is 3. The number of hydrogen-bond donors (Lipinski definition) is 1. The molecule has 1 saturated heterocycles. The highest BCUT2D eigenvalue weighted by Gasteiger charge is 2.20. The van der Waals surface area contributed by atoms with Crippen LogP contribution in [-0.2, 0) is 0 Å². The first-order valence-corrected chi connectivity index (χ1v) is 7.70. The fourth-order valence-corrected chi connectivity index (χ4v) is 3.18. The van der Waals surface area contributed by atoms with Gasteiger partial charge in [-0.2, -0.15) is 0 Å². The van der Waals surface area contributed by atoms with Gasteiger partial charge < -0.3 is 5.32 Å². The summed E-state index contributed by atoms with van der Waals surface area (Å²) in [6.45, 7) is 5.64. The van der Waals surface area contributed by atoms with Gasteiger partial charge in [-0.25, -0.2) is 4.98 Å². The second-order valence-corrected chi connectivity index (χ2v) is 5.54. The molecular weight excluding hydrogens is 246 g/mol. The molecule has 3 heteroatoms. The smallest absolute Gasteiger partial charge is 0.133 e. The van der Waals surface area contributed by atoms with Gasteiger partial charge in [-0.15, -0.1) is 0 Å². The fraction of sp³-hybridized carbons (Fsp3) is 0.471. The third-order valence-electron chi connectivity index (χ3n) is 4.33. The highest BCUT2D eigenvalue weighted by Crippen LogP contribution is 2.22. The number of aromatic nitrogens is 1. The highest BCUT2D eigenvalue weighted by atomic mass is 15.2. The van der Waals surface area contributed by atoms with Crippen LogP contribution in [0.2, 0.25) is 0 Å². The minimum atomic E-state index is 0.648. The molecule has 20 heavy (non-hydrogen) atoms. The fourth-order valence-electron chi connectivity index (χ4n) is 3.18. The molecule has 0 aliphatic carbocycles. The molecule has 106 valence electrons. The number of piperidine rings is 1. The normalized spacial score (nSPS) is 20.1. The van der Waals surface area contributed by atoms with E-state index >= 15 is 0 Å². The second kappa shape index (κ2) is 6.23. The Morgan fingerprint density at radius 2 is 2.15 bits per heavy atom. The summed E-state index contributed by atoms with van der Waals surface area (Å²) in [6.07, 6.45) is 5.89. The van der Waals surface area contributed by atoms with Crippen LogP contribution in [0.4, 0.5) is 5.82 Å². The van der Waals surface area contributed by atoms with Gasteiger partial charge in [0.25, 0.3) is 0 Å². The molecule has 0 radical (unpaired) electrons. The maximum absolute atomic E-state index is 4.51. The van der Waals surface area contributed by atoms with Gasteiger partial charge in [0.2, 0.25) is 0 Å². The van der Waals surface area contributed by atoms with E-state index in [0.29, 0.717) is 6.04 Å². The van der Waals surface area contributed by atoms with E-state index in [-0.39, 0.29) is 0 Å². The maximum Gasteiger partial charge on any atom is 0.133 e. The molecule has 0 bridgehead atoms. The quantitative estimate of drug-likeness (QED) is 0.920. The minimum Gasteiger partial charge on any atom is -0.368 e. The average molecular weight is 269 g/mol. The Hall–Kier alpha value is -1.61. The first kappa shape index (κ1) is 13.4. The third-order valence-corrected chi connectivity index (χ3v) is 4.33. The van der Waals surface area contributed by atoms with Crippen LogP contribution >= 0.6 is 0 Å². The SMILES string of the molecule is CCN1CCCCC1CNc1nccc2ccccc12. The van der Waals surface area contributed by atoms with Crippen molar-refractivity contribution >= 4 is 16.6 Å². The number of rotatable bonds is 4. The molecular formula is C17H23N3. The van der Waals surface area contributed by atoms with E-state index in [4.69, 9.17) is 0 Å². The first-order valence-electron chi connectivity index (χ1n) is 7.70. The zero-order chi connectivity index (χ0) is 13.8. The van der Waals surface area contributed by atoms with Crippen LogP contribution in [0.1, 0.15) is 26.2 Å². The van der Waals surface area contributed by atoms with Gasteiger partial charge in [-0.1, -0.05) is 37.6 Å². The van der Waals surface area contributed by atoms with Gasteiger partial charge >= 0.3 is 0 Å².